The molecule has 2 rings (SSSR count). The van der Waals surface area contributed by atoms with Crippen LogP contribution in [0.5, 0.6) is 0 Å². The summed E-state index contributed by atoms with van der Waals surface area (Å²) in [5.41, 5.74) is 1.41. The second kappa shape index (κ2) is 4.53. The molecule has 4 nitrogen and oxygen atoms in total. The van der Waals surface area contributed by atoms with Gasteiger partial charge < -0.3 is 0 Å². The molecule has 1 heterocycles. The minimum atomic E-state index is -0.203. The van der Waals surface area contributed by atoms with Crippen LogP contribution in [0.25, 0.3) is 0 Å². The Balaban J connectivity index is 2.14. The largest absolute Gasteiger partial charge is 0.290 e. The summed E-state index contributed by atoms with van der Waals surface area (Å²) in [4.78, 5) is 19.8. The molecule has 1 aromatic heterocycles. The lowest BCUT2D eigenvalue weighted by Crippen LogP contribution is -2.14. The van der Waals surface area contributed by atoms with Crippen LogP contribution in [0, 0.1) is 6.92 Å². The van der Waals surface area contributed by atoms with Crippen molar-refractivity contribution in [1.82, 2.24) is 9.97 Å². The summed E-state index contributed by atoms with van der Waals surface area (Å²) in [6.07, 6.45) is 1.61. The van der Waals surface area contributed by atoms with E-state index in [2.05, 4.69) is 15.3 Å². The van der Waals surface area contributed by atoms with E-state index < -0.39 is 0 Å². The van der Waals surface area contributed by atoms with Crippen LogP contribution >= 0.6 is 0 Å². The average Bonchev–Trinajstić information content (AvgIpc) is 2.30. The maximum Gasteiger partial charge on any atom is 0.258 e. The van der Waals surface area contributed by atoms with Gasteiger partial charge in [-0.25, -0.2) is 9.97 Å². The van der Waals surface area contributed by atoms with Crippen molar-refractivity contribution in [2.24, 2.45) is 0 Å². The van der Waals surface area contributed by atoms with Crippen molar-refractivity contribution in [3.05, 3.63) is 53.9 Å². The zero-order chi connectivity index (χ0) is 11.4. The summed E-state index contributed by atoms with van der Waals surface area (Å²) in [6, 6.07) is 10.7. The van der Waals surface area contributed by atoms with Gasteiger partial charge in [-0.3, -0.25) is 10.1 Å². The number of aromatic nitrogens is 2. The predicted octanol–water partition coefficient (Wildman–Crippen LogP) is 2.04. The summed E-state index contributed by atoms with van der Waals surface area (Å²) in [6.45, 7) is 1.85. The fourth-order valence-corrected chi connectivity index (χ4v) is 1.27. The Morgan fingerprint density at radius 1 is 1.19 bits per heavy atom. The molecule has 0 unspecified atom stereocenters. The lowest BCUT2D eigenvalue weighted by Gasteiger charge is -2.03. The first-order valence-electron chi connectivity index (χ1n) is 4.92. The molecule has 0 saturated carbocycles. The van der Waals surface area contributed by atoms with E-state index in [0.29, 0.717) is 11.5 Å². The quantitative estimate of drug-likeness (QED) is 0.830. The number of anilines is 1. The van der Waals surface area contributed by atoms with E-state index in [1.54, 1.807) is 24.4 Å². The molecule has 1 amide bonds. The van der Waals surface area contributed by atoms with Crippen molar-refractivity contribution in [2.45, 2.75) is 6.92 Å². The zero-order valence-electron chi connectivity index (χ0n) is 8.84. The molecule has 0 fully saturated rings. The van der Waals surface area contributed by atoms with E-state index in [1.807, 2.05) is 25.1 Å². The molecule has 1 aromatic carbocycles. The highest BCUT2D eigenvalue weighted by Crippen LogP contribution is 2.04. The number of benzene rings is 1. The molecule has 2 aromatic rings. The first-order chi connectivity index (χ1) is 7.75. The van der Waals surface area contributed by atoms with Gasteiger partial charge in [-0.2, -0.15) is 0 Å². The average molecular weight is 213 g/mol. The van der Waals surface area contributed by atoms with Gasteiger partial charge in [-0.05, 0) is 25.1 Å². The minimum Gasteiger partial charge on any atom is -0.290 e. The van der Waals surface area contributed by atoms with Crippen molar-refractivity contribution >= 4 is 11.9 Å². The Hall–Kier alpha value is -2.23. The summed E-state index contributed by atoms with van der Waals surface area (Å²) < 4.78 is 0. The van der Waals surface area contributed by atoms with Gasteiger partial charge in [-0.15, -0.1) is 0 Å². The highest BCUT2D eigenvalue weighted by atomic mass is 16.1. The Morgan fingerprint density at radius 2 is 1.94 bits per heavy atom. The molecule has 4 heteroatoms. The van der Waals surface area contributed by atoms with Gasteiger partial charge in [0.2, 0.25) is 5.95 Å². The third-order valence-electron chi connectivity index (χ3n) is 2.06. The monoisotopic (exact) mass is 213 g/mol. The molecule has 0 bridgehead atoms. The van der Waals surface area contributed by atoms with Crippen LogP contribution in [0.15, 0.2) is 42.6 Å². The number of hydrogen-bond acceptors (Lipinski definition) is 3. The normalized spacial score (nSPS) is 9.81. The minimum absolute atomic E-state index is 0.203. The predicted molar refractivity (Wildman–Crippen MR) is 61.2 cm³/mol. The molecule has 0 aliphatic carbocycles. The molecule has 1 N–H and O–H groups in total. The summed E-state index contributed by atoms with van der Waals surface area (Å²) in [5.74, 6) is 0.125. The van der Waals surface area contributed by atoms with Crippen LogP contribution < -0.4 is 5.32 Å². The molecule has 16 heavy (non-hydrogen) atoms. The van der Waals surface area contributed by atoms with Crippen LogP contribution in [0.4, 0.5) is 5.95 Å². The maximum atomic E-state index is 11.7. The molecule has 0 aliphatic rings. The van der Waals surface area contributed by atoms with Crippen LogP contribution in [-0.2, 0) is 0 Å². The highest BCUT2D eigenvalue weighted by Gasteiger charge is 2.06. The van der Waals surface area contributed by atoms with E-state index in [9.17, 15) is 4.79 Å². The van der Waals surface area contributed by atoms with E-state index in [4.69, 9.17) is 0 Å². The first-order valence-corrected chi connectivity index (χ1v) is 4.92. The molecular weight excluding hydrogens is 202 g/mol. The lowest BCUT2D eigenvalue weighted by atomic mass is 10.2. The third kappa shape index (κ3) is 2.42. The topological polar surface area (TPSA) is 54.9 Å². The van der Waals surface area contributed by atoms with Gasteiger partial charge in [0.15, 0.2) is 0 Å². The van der Waals surface area contributed by atoms with Crippen molar-refractivity contribution < 1.29 is 4.79 Å². The second-order valence-corrected chi connectivity index (χ2v) is 3.34. The number of nitrogens with zero attached hydrogens (tertiary/aromatic N) is 2. The third-order valence-corrected chi connectivity index (χ3v) is 2.06. The lowest BCUT2D eigenvalue weighted by molar-refractivity contribution is 0.102. The first kappa shape index (κ1) is 10.3. The fourth-order valence-electron chi connectivity index (χ4n) is 1.27. The molecule has 0 aliphatic heterocycles. The maximum absolute atomic E-state index is 11.7. The van der Waals surface area contributed by atoms with E-state index in [0.717, 1.165) is 5.69 Å². The van der Waals surface area contributed by atoms with Crippen LogP contribution in [0.1, 0.15) is 16.1 Å². The molecular formula is C12H11N3O. The Labute approximate surface area is 93.4 Å². The van der Waals surface area contributed by atoms with Crippen LogP contribution in [0.2, 0.25) is 0 Å². The molecule has 80 valence electrons. The van der Waals surface area contributed by atoms with Gasteiger partial charge in [-0.1, -0.05) is 18.2 Å². The van der Waals surface area contributed by atoms with Crippen molar-refractivity contribution in [2.75, 3.05) is 5.32 Å². The summed E-state index contributed by atoms with van der Waals surface area (Å²) in [7, 11) is 0. The fraction of sp³-hybridized carbons (Fsp3) is 0.0833. The molecule has 0 saturated heterocycles. The van der Waals surface area contributed by atoms with E-state index in [1.165, 1.54) is 0 Å². The number of rotatable bonds is 2. The highest BCUT2D eigenvalue weighted by molar-refractivity contribution is 6.03. The molecule has 0 radical (unpaired) electrons. The van der Waals surface area contributed by atoms with E-state index in [-0.39, 0.29) is 5.91 Å². The van der Waals surface area contributed by atoms with Crippen molar-refractivity contribution in [3.8, 4) is 0 Å². The SMILES string of the molecule is Cc1ccnc(NC(=O)c2ccccc2)n1. The van der Waals surface area contributed by atoms with Crippen molar-refractivity contribution in [3.63, 3.8) is 0 Å². The van der Waals surface area contributed by atoms with Crippen molar-refractivity contribution in [1.29, 1.82) is 0 Å². The number of carbonyl (C=O) groups is 1. The smallest absolute Gasteiger partial charge is 0.258 e. The summed E-state index contributed by atoms with van der Waals surface area (Å²) >= 11 is 0. The van der Waals surface area contributed by atoms with Crippen LogP contribution in [-0.4, -0.2) is 15.9 Å². The number of hydrogen-bond donors (Lipinski definition) is 1. The Morgan fingerprint density at radius 3 is 2.62 bits per heavy atom. The number of aryl methyl sites for hydroxylation is 1. The van der Waals surface area contributed by atoms with Gasteiger partial charge >= 0.3 is 0 Å². The molecule has 0 atom stereocenters. The summed E-state index contributed by atoms with van der Waals surface area (Å²) in [5, 5.41) is 2.64. The van der Waals surface area contributed by atoms with Gasteiger partial charge in [0.1, 0.15) is 0 Å². The molecule has 0 spiro atoms. The Kier molecular flexibility index (Phi) is 2.91. The zero-order valence-corrected chi connectivity index (χ0v) is 8.84. The van der Waals surface area contributed by atoms with Gasteiger partial charge in [0, 0.05) is 17.5 Å². The van der Waals surface area contributed by atoms with Crippen LogP contribution in [0.3, 0.4) is 0 Å². The standard InChI is InChI=1S/C12H11N3O/c1-9-7-8-13-12(14-9)15-11(16)10-5-3-2-4-6-10/h2-8H,1H3,(H,13,14,15,16). The second-order valence-electron chi connectivity index (χ2n) is 3.34. The van der Waals surface area contributed by atoms with E-state index >= 15 is 0 Å². The number of carbonyl (C=O) groups excluding carboxylic acids is 1. The number of amides is 1. The Bertz CT molecular complexity index is 497. The van der Waals surface area contributed by atoms with Gasteiger partial charge in [0.05, 0.1) is 0 Å². The number of nitrogens with one attached hydrogen (secondary N) is 1. The van der Waals surface area contributed by atoms with Gasteiger partial charge in [0.25, 0.3) is 5.91 Å².